The molecule has 1 rings (SSSR count). The predicted molar refractivity (Wildman–Crippen MR) is 147 cm³/mol. The lowest BCUT2D eigenvalue weighted by atomic mass is 10.0. The van der Waals surface area contributed by atoms with E-state index >= 15 is 0 Å². The van der Waals surface area contributed by atoms with E-state index in [1.807, 2.05) is 0 Å². The van der Waals surface area contributed by atoms with Crippen molar-refractivity contribution in [1.82, 2.24) is 4.57 Å². The van der Waals surface area contributed by atoms with Crippen molar-refractivity contribution in [2.75, 3.05) is 0 Å². The molecule has 0 spiro atoms. The first-order valence-corrected chi connectivity index (χ1v) is 15.3. The lowest BCUT2D eigenvalue weighted by Crippen LogP contribution is -2.35. The summed E-state index contributed by atoms with van der Waals surface area (Å²) < 4.78 is 4.96. The predicted octanol–water partition coefficient (Wildman–Crippen LogP) is 10.1. The number of imidazole rings is 1. The Morgan fingerprint density at radius 3 is 1.30 bits per heavy atom. The maximum absolute atomic E-state index is 2.48. The van der Waals surface area contributed by atoms with E-state index in [1.165, 1.54) is 167 Å². The zero-order valence-electron chi connectivity index (χ0n) is 23.2. The van der Waals surface area contributed by atoms with E-state index in [0.717, 1.165) is 0 Å². The molecule has 1 aromatic rings. The summed E-state index contributed by atoms with van der Waals surface area (Å²) in [5.41, 5.74) is 0. The first-order chi connectivity index (χ1) is 16.3. The van der Waals surface area contributed by atoms with Crippen LogP contribution in [0.4, 0.5) is 0 Å². The second-order valence-electron chi connectivity index (χ2n) is 10.7. The molecule has 33 heavy (non-hydrogen) atoms. The van der Waals surface area contributed by atoms with Crippen molar-refractivity contribution in [1.29, 1.82) is 0 Å². The Morgan fingerprint density at radius 2 is 0.879 bits per heavy atom. The minimum absolute atomic E-state index is 1.20. The molecular formula is C31H61N2+. The van der Waals surface area contributed by atoms with Crippen molar-refractivity contribution >= 4 is 0 Å². The Balaban J connectivity index is 1.92. The summed E-state index contributed by atoms with van der Waals surface area (Å²) in [5.74, 6) is 1.45. The summed E-state index contributed by atoms with van der Waals surface area (Å²) in [5, 5.41) is 0. The van der Waals surface area contributed by atoms with Gasteiger partial charge < -0.3 is 0 Å². The summed E-state index contributed by atoms with van der Waals surface area (Å²) >= 11 is 0. The Kier molecular flexibility index (Phi) is 21.1. The Hall–Kier alpha value is -0.790. The van der Waals surface area contributed by atoms with Crippen molar-refractivity contribution in [2.45, 2.75) is 182 Å². The van der Waals surface area contributed by atoms with Gasteiger partial charge in [-0.1, -0.05) is 136 Å². The third-order valence-electron chi connectivity index (χ3n) is 7.51. The minimum atomic E-state index is 1.20. The van der Waals surface area contributed by atoms with Crippen molar-refractivity contribution in [3.63, 3.8) is 0 Å². The fourth-order valence-electron chi connectivity index (χ4n) is 5.08. The molecule has 0 bridgehead atoms. The number of aryl methyl sites for hydroxylation is 2. The zero-order chi connectivity index (χ0) is 23.8. The zero-order valence-corrected chi connectivity index (χ0v) is 23.2. The molecule has 0 amide bonds. The second kappa shape index (κ2) is 23.0. The van der Waals surface area contributed by atoms with Crippen LogP contribution in [-0.2, 0) is 13.1 Å². The average molecular weight is 462 g/mol. The van der Waals surface area contributed by atoms with Gasteiger partial charge in [-0.3, -0.25) is 0 Å². The monoisotopic (exact) mass is 461 g/mol. The van der Waals surface area contributed by atoms with E-state index < -0.39 is 0 Å². The van der Waals surface area contributed by atoms with Crippen LogP contribution in [-0.4, -0.2) is 4.57 Å². The standard InChI is InChI=1S/C31H61N2/c1-4-6-8-10-12-14-15-16-17-18-20-22-24-26-28-33-30-29-32(31(33)3)27-25-23-21-19-13-11-9-7-5-2/h29-30H,4-28H2,1-3H3/q+1. The molecule has 0 aliphatic rings. The molecule has 1 aromatic heterocycles. The van der Waals surface area contributed by atoms with Gasteiger partial charge in [-0.25, -0.2) is 9.13 Å². The SMILES string of the molecule is CCCCCCCCCCCCCCCCn1cc[n+](CCCCCCCCCCC)c1C. The van der Waals surface area contributed by atoms with E-state index in [9.17, 15) is 0 Å². The molecule has 0 unspecified atom stereocenters. The lowest BCUT2D eigenvalue weighted by molar-refractivity contribution is -0.702. The molecule has 0 N–H and O–H groups in total. The molecule has 0 aliphatic heterocycles. The van der Waals surface area contributed by atoms with Gasteiger partial charge in [0.25, 0.3) is 5.82 Å². The van der Waals surface area contributed by atoms with Crippen molar-refractivity contribution < 1.29 is 4.57 Å². The maximum atomic E-state index is 2.48. The van der Waals surface area contributed by atoms with Gasteiger partial charge >= 0.3 is 0 Å². The first kappa shape index (κ1) is 30.2. The lowest BCUT2D eigenvalue weighted by Gasteiger charge is -2.04. The smallest absolute Gasteiger partial charge is 0.234 e. The summed E-state index contributed by atoms with van der Waals surface area (Å²) in [4.78, 5) is 0. The third kappa shape index (κ3) is 17.3. The molecule has 0 radical (unpaired) electrons. The fraction of sp³-hybridized carbons (Fsp3) is 0.903. The van der Waals surface area contributed by atoms with E-state index in [0.29, 0.717) is 0 Å². The molecule has 0 aliphatic carbocycles. The number of aromatic nitrogens is 2. The van der Waals surface area contributed by atoms with Crippen LogP contribution < -0.4 is 4.57 Å². The van der Waals surface area contributed by atoms with Crippen molar-refractivity contribution in [3.8, 4) is 0 Å². The molecule has 0 saturated carbocycles. The molecular weight excluding hydrogens is 400 g/mol. The number of unbranched alkanes of at least 4 members (excludes halogenated alkanes) is 21. The van der Waals surface area contributed by atoms with Gasteiger partial charge in [0, 0.05) is 6.92 Å². The van der Waals surface area contributed by atoms with Crippen molar-refractivity contribution in [2.24, 2.45) is 0 Å². The third-order valence-corrected chi connectivity index (χ3v) is 7.51. The molecule has 2 heteroatoms. The highest BCUT2D eigenvalue weighted by atomic mass is 15.1. The Labute approximate surface area is 208 Å². The molecule has 0 fully saturated rings. The molecule has 1 heterocycles. The summed E-state index contributed by atoms with van der Waals surface area (Å²) in [6.07, 6.45) is 37.5. The van der Waals surface area contributed by atoms with Gasteiger partial charge in [-0.15, -0.1) is 0 Å². The molecule has 2 nitrogen and oxygen atoms in total. The van der Waals surface area contributed by atoms with Crippen LogP contribution in [0.25, 0.3) is 0 Å². The Bertz CT molecular complexity index is 519. The molecule has 194 valence electrons. The number of hydrogen-bond acceptors (Lipinski definition) is 0. The van der Waals surface area contributed by atoms with Crippen LogP contribution in [0.3, 0.4) is 0 Å². The van der Waals surface area contributed by atoms with Gasteiger partial charge in [-0.05, 0) is 25.7 Å². The van der Waals surface area contributed by atoms with E-state index in [1.54, 1.807) is 0 Å². The summed E-state index contributed by atoms with van der Waals surface area (Å²) in [7, 11) is 0. The highest BCUT2D eigenvalue weighted by Crippen LogP contribution is 2.13. The number of rotatable bonds is 25. The Morgan fingerprint density at radius 1 is 0.515 bits per heavy atom. The highest BCUT2D eigenvalue weighted by molar-refractivity contribution is 4.79. The molecule has 0 aromatic carbocycles. The van der Waals surface area contributed by atoms with Gasteiger partial charge in [0.15, 0.2) is 0 Å². The highest BCUT2D eigenvalue weighted by Gasteiger charge is 2.11. The number of nitrogens with zero attached hydrogens (tertiary/aromatic N) is 2. The van der Waals surface area contributed by atoms with Gasteiger partial charge in [0.1, 0.15) is 12.4 Å². The summed E-state index contributed by atoms with van der Waals surface area (Å²) in [6.45, 7) is 9.31. The van der Waals surface area contributed by atoms with E-state index in [2.05, 4.69) is 42.3 Å². The van der Waals surface area contributed by atoms with Crippen LogP contribution >= 0.6 is 0 Å². The van der Waals surface area contributed by atoms with E-state index in [-0.39, 0.29) is 0 Å². The maximum Gasteiger partial charge on any atom is 0.253 e. The van der Waals surface area contributed by atoms with Gasteiger partial charge in [0.05, 0.1) is 13.1 Å². The topological polar surface area (TPSA) is 8.81 Å². The van der Waals surface area contributed by atoms with Crippen LogP contribution in [0.1, 0.15) is 167 Å². The minimum Gasteiger partial charge on any atom is -0.234 e. The average Bonchev–Trinajstić information content (AvgIpc) is 3.17. The molecule has 0 saturated heterocycles. The second-order valence-corrected chi connectivity index (χ2v) is 10.7. The quantitative estimate of drug-likeness (QED) is 0.101. The van der Waals surface area contributed by atoms with Gasteiger partial charge in [0.2, 0.25) is 0 Å². The summed E-state index contributed by atoms with van der Waals surface area (Å²) in [6, 6.07) is 0. The molecule has 0 atom stereocenters. The van der Waals surface area contributed by atoms with Crippen LogP contribution in [0, 0.1) is 6.92 Å². The van der Waals surface area contributed by atoms with Crippen LogP contribution in [0.5, 0.6) is 0 Å². The van der Waals surface area contributed by atoms with Crippen LogP contribution in [0.2, 0.25) is 0 Å². The van der Waals surface area contributed by atoms with E-state index in [4.69, 9.17) is 0 Å². The fourth-order valence-corrected chi connectivity index (χ4v) is 5.08. The van der Waals surface area contributed by atoms with Gasteiger partial charge in [-0.2, -0.15) is 0 Å². The van der Waals surface area contributed by atoms with Crippen molar-refractivity contribution in [3.05, 3.63) is 18.2 Å². The normalized spacial score (nSPS) is 11.5. The number of hydrogen-bond donors (Lipinski definition) is 0. The first-order valence-electron chi connectivity index (χ1n) is 15.3. The largest absolute Gasteiger partial charge is 0.253 e. The van der Waals surface area contributed by atoms with Crippen LogP contribution in [0.15, 0.2) is 12.4 Å².